The Labute approximate surface area is 230 Å². The van der Waals surface area contributed by atoms with Crippen LogP contribution in [-0.2, 0) is 30.4 Å². The van der Waals surface area contributed by atoms with Crippen LogP contribution < -0.4 is 21.3 Å². The molecule has 13 heteroatoms. The Morgan fingerprint density at radius 2 is 1.38 bits per heavy atom. The molecule has 40 heavy (non-hydrogen) atoms. The molecule has 0 aliphatic rings. The van der Waals surface area contributed by atoms with E-state index in [2.05, 4.69) is 21.3 Å². The van der Waals surface area contributed by atoms with Gasteiger partial charge >= 0.3 is 23.9 Å². The first-order valence-electron chi connectivity index (χ1n) is 12.7. The molecule has 0 spiro atoms. The zero-order valence-corrected chi connectivity index (χ0v) is 22.0. The minimum Gasteiger partial charge on any atom is -0.481 e. The van der Waals surface area contributed by atoms with Crippen LogP contribution >= 0.6 is 0 Å². The van der Waals surface area contributed by atoms with E-state index in [0.717, 1.165) is 16.3 Å². The highest BCUT2D eigenvalue weighted by Gasteiger charge is 2.25. The molecule has 0 aliphatic carbocycles. The highest BCUT2D eigenvalue weighted by Crippen LogP contribution is 2.17. The lowest BCUT2D eigenvalue weighted by Gasteiger charge is -2.19. The molecule has 4 amide bonds. The van der Waals surface area contributed by atoms with Gasteiger partial charge in [0.15, 0.2) is 0 Å². The fourth-order valence-corrected chi connectivity index (χ4v) is 4.01. The van der Waals surface area contributed by atoms with Gasteiger partial charge in [-0.1, -0.05) is 42.5 Å². The normalized spacial score (nSPS) is 12.9. The van der Waals surface area contributed by atoms with Crippen molar-refractivity contribution in [3.63, 3.8) is 0 Å². The molecule has 1 unspecified atom stereocenters. The van der Waals surface area contributed by atoms with E-state index in [-0.39, 0.29) is 31.7 Å². The van der Waals surface area contributed by atoms with Gasteiger partial charge in [0.05, 0.1) is 0 Å². The summed E-state index contributed by atoms with van der Waals surface area (Å²) >= 11 is 0. The molecular weight excluding hydrogens is 524 g/mol. The van der Waals surface area contributed by atoms with Crippen molar-refractivity contribution in [3.05, 3.63) is 48.0 Å². The van der Waals surface area contributed by atoms with Gasteiger partial charge in [-0.2, -0.15) is 0 Å². The minimum atomic E-state index is -1.49. The first-order chi connectivity index (χ1) is 19.0. The molecule has 0 fully saturated rings. The predicted molar refractivity (Wildman–Crippen MR) is 144 cm³/mol. The average molecular weight is 559 g/mol. The number of rotatable bonds is 16. The van der Waals surface area contributed by atoms with Crippen molar-refractivity contribution in [3.8, 4) is 0 Å². The summed E-state index contributed by atoms with van der Waals surface area (Å²) < 4.78 is 0. The van der Waals surface area contributed by atoms with Crippen molar-refractivity contribution >= 4 is 46.5 Å². The van der Waals surface area contributed by atoms with E-state index in [1.54, 1.807) is 0 Å². The Morgan fingerprint density at radius 1 is 0.750 bits per heavy atom. The summed E-state index contributed by atoms with van der Waals surface area (Å²) in [5.74, 6) is -4.77. The quantitative estimate of drug-likeness (QED) is 0.148. The van der Waals surface area contributed by atoms with Crippen molar-refractivity contribution in [2.24, 2.45) is 0 Å². The zero-order chi connectivity index (χ0) is 29.7. The zero-order valence-electron chi connectivity index (χ0n) is 22.0. The second-order valence-electron chi connectivity index (χ2n) is 9.26. The third-order valence-electron chi connectivity index (χ3n) is 6.02. The lowest BCUT2D eigenvalue weighted by Crippen LogP contribution is -2.51. The number of fused-ring (bicyclic) bond motifs is 1. The third kappa shape index (κ3) is 11.0. The molecule has 2 rings (SSSR count). The van der Waals surface area contributed by atoms with Gasteiger partial charge in [-0.25, -0.2) is 14.4 Å². The lowest BCUT2D eigenvalue weighted by molar-refractivity contribution is -0.141. The van der Waals surface area contributed by atoms with Crippen molar-refractivity contribution < 1.29 is 44.1 Å². The standard InChI is InChI=1S/C27H34N4O9/c1-16(32)29-22(15-17-9-10-18-6-2-3-7-19(18)14-17)24(35)28-13-5-4-8-20(25(36)37)30-27(40)31-21(26(38)39)11-12-23(33)34/h2-3,6-7,9-10,14,20-22H,4-5,8,11-13,15H2,1H3,(H,28,35)(H,29,32)(H,33,34)(H,36,37)(H,38,39)(H2,30,31,40)/t20-,21?,22-/m0/s1. The Morgan fingerprint density at radius 3 is 1.98 bits per heavy atom. The number of benzene rings is 2. The van der Waals surface area contributed by atoms with Gasteiger partial charge in [-0.05, 0) is 42.0 Å². The number of carboxylic acids is 3. The monoisotopic (exact) mass is 558 g/mol. The van der Waals surface area contributed by atoms with Crippen LogP contribution in [0.15, 0.2) is 42.5 Å². The van der Waals surface area contributed by atoms with E-state index < -0.39 is 54.4 Å². The fraction of sp³-hybridized carbons (Fsp3) is 0.407. The average Bonchev–Trinajstić information content (AvgIpc) is 2.88. The summed E-state index contributed by atoms with van der Waals surface area (Å²) in [5.41, 5.74) is 0.870. The van der Waals surface area contributed by atoms with E-state index >= 15 is 0 Å². The summed E-state index contributed by atoms with van der Waals surface area (Å²) in [6, 6.07) is 8.89. The van der Waals surface area contributed by atoms with Gasteiger partial charge < -0.3 is 36.6 Å². The predicted octanol–water partition coefficient (Wildman–Crippen LogP) is 1.24. The number of urea groups is 1. The second kappa shape index (κ2) is 15.7. The molecular formula is C27H34N4O9. The van der Waals surface area contributed by atoms with Gasteiger partial charge in [0.2, 0.25) is 11.8 Å². The number of carbonyl (C=O) groups is 6. The number of nitrogens with one attached hydrogen (secondary N) is 4. The Hall–Kier alpha value is -4.68. The van der Waals surface area contributed by atoms with Crippen LogP contribution in [0, 0.1) is 0 Å². The van der Waals surface area contributed by atoms with Gasteiger partial charge in [-0.3, -0.25) is 14.4 Å². The summed E-state index contributed by atoms with van der Waals surface area (Å²) in [6.45, 7) is 1.52. The van der Waals surface area contributed by atoms with E-state index in [1.165, 1.54) is 6.92 Å². The SMILES string of the molecule is CC(=O)N[C@@H](Cc1ccc2ccccc2c1)C(=O)NCCCC[C@H](NC(=O)NC(CCC(=O)O)C(=O)O)C(=O)O. The van der Waals surface area contributed by atoms with Crippen LogP contribution in [0.5, 0.6) is 0 Å². The first-order valence-corrected chi connectivity index (χ1v) is 12.7. The molecule has 0 saturated carbocycles. The molecule has 0 bridgehead atoms. The smallest absolute Gasteiger partial charge is 0.326 e. The van der Waals surface area contributed by atoms with Crippen LogP contribution in [0.1, 0.15) is 44.6 Å². The highest BCUT2D eigenvalue weighted by molar-refractivity contribution is 5.88. The Kier molecular flexibility index (Phi) is 12.4. The molecule has 7 N–H and O–H groups in total. The molecule has 3 atom stereocenters. The Balaban J connectivity index is 1.84. The molecule has 2 aromatic rings. The maximum Gasteiger partial charge on any atom is 0.326 e. The van der Waals surface area contributed by atoms with E-state index in [1.807, 2.05) is 42.5 Å². The summed E-state index contributed by atoms with van der Waals surface area (Å²) in [7, 11) is 0. The minimum absolute atomic E-state index is 0.00228. The van der Waals surface area contributed by atoms with Crippen LogP contribution in [0.3, 0.4) is 0 Å². The van der Waals surface area contributed by atoms with Crippen LogP contribution in [0.2, 0.25) is 0 Å². The molecule has 0 aromatic heterocycles. The summed E-state index contributed by atoms with van der Waals surface area (Å²) in [5, 5.41) is 38.9. The molecule has 0 heterocycles. The number of carboxylic acid groups (broad SMARTS) is 3. The number of unbranched alkanes of at least 4 members (excludes halogenated alkanes) is 1. The van der Waals surface area contributed by atoms with E-state index in [9.17, 15) is 33.9 Å². The second-order valence-corrected chi connectivity index (χ2v) is 9.26. The molecule has 2 aromatic carbocycles. The lowest BCUT2D eigenvalue weighted by atomic mass is 10.0. The van der Waals surface area contributed by atoms with Crippen molar-refractivity contribution in [1.29, 1.82) is 0 Å². The van der Waals surface area contributed by atoms with Gasteiger partial charge in [0.25, 0.3) is 0 Å². The maximum absolute atomic E-state index is 12.8. The number of amides is 4. The number of hydrogen-bond acceptors (Lipinski definition) is 6. The van der Waals surface area contributed by atoms with Gasteiger partial charge in [0.1, 0.15) is 18.1 Å². The van der Waals surface area contributed by atoms with Crippen LogP contribution in [0.4, 0.5) is 4.79 Å². The summed E-state index contributed by atoms with van der Waals surface area (Å²) in [6.07, 6.45) is 0.0937. The number of carbonyl (C=O) groups excluding carboxylic acids is 3. The van der Waals surface area contributed by atoms with E-state index in [0.29, 0.717) is 12.8 Å². The highest BCUT2D eigenvalue weighted by atomic mass is 16.4. The first kappa shape index (κ1) is 31.5. The molecule has 13 nitrogen and oxygen atoms in total. The van der Waals surface area contributed by atoms with Crippen LogP contribution in [-0.4, -0.2) is 75.7 Å². The van der Waals surface area contributed by atoms with Crippen molar-refractivity contribution in [2.45, 2.75) is 63.6 Å². The number of hydrogen-bond donors (Lipinski definition) is 7. The number of aliphatic carboxylic acids is 3. The molecule has 0 aliphatic heterocycles. The third-order valence-corrected chi connectivity index (χ3v) is 6.02. The van der Waals surface area contributed by atoms with Crippen LogP contribution in [0.25, 0.3) is 10.8 Å². The molecule has 216 valence electrons. The summed E-state index contributed by atoms with van der Waals surface area (Å²) in [4.78, 5) is 70.0. The van der Waals surface area contributed by atoms with Gasteiger partial charge in [-0.15, -0.1) is 0 Å². The van der Waals surface area contributed by atoms with Crippen molar-refractivity contribution in [2.75, 3.05) is 6.54 Å². The van der Waals surface area contributed by atoms with Gasteiger partial charge in [0, 0.05) is 26.3 Å². The van der Waals surface area contributed by atoms with E-state index in [4.69, 9.17) is 10.2 Å². The fourth-order valence-electron chi connectivity index (χ4n) is 4.01. The van der Waals surface area contributed by atoms with Crippen molar-refractivity contribution in [1.82, 2.24) is 21.3 Å². The largest absolute Gasteiger partial charge is 0.481 e. The maximum atomic E-state index is 12.8. The Bertz CT molecular complexity index is 1230. The topological polar surface area (TPSA) is 211 Å². The molecule has 0 radical (unpaired) electrons. The molecule has 0 saturated heterocycles.